The second kappa shape index (κ2) is 8.29. The quantitative estimate of drug-likeness (QED) is 0.773. The molecule has 7 heteroatoms. The van der Waals surface area contributed by atoms with Crippen LogP contribution >= 0.6 is 0 Å². The van der Waals surface area contributed by atoms with E-state index in [1.807, 2.05) is 42.5 Å². The molecule has 1 N–H and O–H groups in total. The summed E-state index contributed by atoms with van der Waals surface area (Å²) in [7, 11) is 0. The normalized spacial score (nSPS) is 17.1. The van der Waals surface area contributed by atoms with Crippen LogP contribution in [0.4, 0.5) is 18.9 Å². The van der Waals surface area contributed by atoms with Crippen molar-refractivity contribution >= 4 is 17.4 Å². The number of allylic oxidation sites excluding steroid dienone is 1. The third kappa shape index (κ3) is 4.79. The first-order valence-corrected chi connectivity index (χ1v) is 8.86. The van der Waals surface area contributed by atoms with Gasteiger partial charge in [-0.2, -0.15) is 13.2 Å². The number of benzene rings is 2. The van der Waals surface area contributed by atoms with Crippen LogP contribution in [0, 0.1) is 0 Å². The van der Waals surface area contributed by atoms with Crippen LogP contribution in [0.15, 0.2) is 66.9 Å². The summed E-state index contributed by atoms with van der Waals surface area (Å²) in [4.78, 5) is 25.0. The van der Waals surface area contributed by atoms with Crippen molar-refractivity contribution in [2.24, 2.45) is 0 Å². The minimum Gasteiger partial charge on any atom is -0.365 e. The van der Waals surface area contributed by atoms with E-state index >= 15 is 0 Å². The number of halogens is 3. The lowest BCUT2D eigenvalue weighted by Crippen LogP contribution is -2.36. The predicted octanol–water partition coefficient (Wildman–Crippen LogP) is 4.40. The van der Waals surface area contributed by atoms with Gasteiger partial charge in [-0.3, -0.25) is 9.59 Å². The van der Waals surface area contributed by atoms with E-state index in [0.29, 0.717) is 31.1 Å². The van der Waals surface area contributed by atoms with Gasteiger partial charge in [0.25, 0.3) is 5.78 Å². The van der Waals surface area contributed by atoms with E-state index in [9.17, 15) is 22.8 Å². The molecule has 0 bridgehead atoms. The van der Waals surface area contributed by atoms with Gasteiger partial charge < -0.3 is 10.2 Å². The first-order valence-electron chi connectivity index (χ1n) is 8.86. The summed E-state index contributed by atoms with van der Waals surface area (Å²) in [6, 6.07) is 16.5. The predicted molar refractivity (Wildman–Crippen MR) is 100 cm³/mol. The maximum Gasteiger partial charge on any atom is 0.454 e. The molecule has 0 spiro atoms. The van der Waals surface area contributed by atoms with Gasteiger partial charge in [0, 0.05) is 24.5 Å². The fourth-order valence-electron chi connectivity index (χ4n) is 3.11. The second-order valence-electron chi connectivity index (χ2n) is 6.51. The molecule has 1 aliphatic rings. The van der Waals surface area contributed by atoms with E-state index in [2.05, 4.69) is 5.32 Å². The van der Waals surface area contributed by atoms with E-state index < -0.39 is 18.0 Å². The van der Waals surface area contributed by atoms with Crippen LogP contribution in [-0.4, -0.2) is 35.4 Å². The van der Waals surface area contributed by atoms with Crippen molar-refractivity contribution in [1.29, 1.82) is 0 Å². The van der Waals surface area contributed by atoms with Gasteiger partial charge in [-0.1, -0.05) is 42.5 Å². The van der Waals surface area contributed by atoms with Gasteiger partial charge in [0.1, 0.15) is 6.04 Å². The average molecular weight is 388 g/mol. The van der Waals surface area contributed by atoms with Crippen molar-refractivity contribution < 1.29 is 22.8 Å². The molecule has 0 aliphatic carbocycles. The number of hydrogen-bond acceptors (Lipinski definition) is 3. The maximum absolute atomic E-state index is 12.5. The number of nitrogens with one attached hydrogen (secondary N) is 1. The zero-order valence-corrected chi connectivity index (χ0v) is 14.9. The third-order valence-electron chi connectivity index (χ3n) is 4.55. The summed E-state index contributed by atoms with van der Waals surface area (Å²) < 4.78 is 37.0. The molecule has 0 radical (unpaired) electrons. The molecule has 2 aromatic carbocycles. The average Bonchev–Trinajstić information content (AvgIpc) is 3.15. The monoisotopic (exact) mass is 388 g/mol. The van der Waals surface area contributed by atoms with Crippen molar-refractivity contribution in [2.45, 2.75) is 25.1 Å². The lowest BCUT2D eigenvalue weighted by molar-refractivity contribution is -0.165. The van der Waals surface area contributed by atoms with Gasteiger partial charge >= 0.3 is 6.18 Å². The molecule has 1 amide bonds. The van der Waals surface area contributed by atoms with Crippen LogP contribution in [0.25, 0.3) is 11.1 Å². The molecule has 1 saturated heterocycles. The fourth-order valence-corrected chi connectivity index (χ4v) is 3.11. The molecular weight excluding hydrogens is 369 g/mol. The Morgan fingerprint density at radius 1 is 1.00 bits per heavy atom. The summed E-state index contributed by atoms with van der Waals surface area (Å²) >= 11 is 0. The summed E-state index contributed by atoms with van der Waals surface area (Å²) in [5, 5.41) is 2.79. The van der Waals surface area contributed by atoms with Gasteiger partial charge in [0.05, 0.1) is 0 Å². The molecule has 1 atom stereocenters. The number of nitrogens with zero attached hydrogens (tertiary/aromatic N) is 1. The number of carbonyl (C=O) groups excluding carboxylic acids is 2. The van der Waals surface area contributed by atoms with Crippen molar-refractivity contribution in [2.75, 3.05) is 11.9 Å². The van der Waals surface area contributed by atoms with Crippen LogP contribution < -0.4 is 5.32 Å². The Labute approximate surface area is 160 Å². The molecule has 3 rings (SSSR count). The Bertz CT molecular complexity index is 861. The molecule has 0 saturated carbocycles. The number of hydrogen-bond donors (Lipinski definition) is 1. The minimum atomic E-state index is -4.91. The zero-order valence-electron chi connectivity index (χ0n) is 14.9. The van der Waals surface area contributed by atoms with Crippen LogP contribution in [0.1, 0.15) is 12.8 Å². The number of likely N-dealkylation sites (tertiary alicyclic amines) is 1. The summed E-state index contributed by atoms with van der Waals surface area (Å²) in [5.41, 5.74) is 2.67. The largest absolute Gasteiger partial charge is 0.454 e. The minimum absolute atomic E-state index is 0.311. The van der Waals surface area contributed by atoms with Gasteiger partial charge in [0.2, 0.25) is 5.91 Å². The van der Waals surface area contributed by atoms with E-state index in [4.69, 9.17) is 0 Å². The Balaban J connectivity index is 1.63. The highest BCUT2D eigenvalue weighted by molar-refractivity contribution is 5.96. The number of ketones is 1. The fraction of sp³-hybridized carbons (Fsp3) is 0.238. The van der Waals surface area contributed by atoms with Crippen molar-refractivity contribution in [1.82, 2.24) is 4.90 Å². The number of amides is 1. The zero-order chi connectivity index (χ0) is 20.1. The van der Waals surface area contributed by atoms with Crippen LogP contribution in [0.3, 0.4) is 0 Å². The standard InChI is InChI=1S/C21H19F3N2O2/c22-21(23,24)19(27)12-14-26-13-4-7-18(26)20(28)25-17-10-8-16(9-11-17)15-5-2-1-3-6-15/h1-3,5-6,8-12,14,18H,4,7,13H2,(H,25,28)/b14-12+. The number of alkyl halides is 3. The first kappa shape index (κ1) is 19.7. The molecular formula is C21H19F3N2O2. The molecule has 1 heterocycles. The first-order chi connectivity index (χ1) is 13.3. The topological polar surface area (TPSA) is 49.4 Å². The Hall–Kier alpha value is -3.09. The number of rotatable bonds is 5. The van der Waals surface area contributed by atoms with E-state index in [-0.39, 0.29) is 5.91 Å². The smallest absolute Gasteiger partial charge is 0.365 e. The van der Waals surface area contributed by atoms with Gasteiger partial charge in [-0.25, -0.2) is 0 Å². The number of anilines is 1. The van der Waals surface area contributed by atoms with E-state index in [0.717, 1.165) is 17.3 Å². The van der Waals surface area contributed by atoms with Crippen LogP contribution in [-0.2, 0) is 9.59 Å². The molecule has 0 aromatic heterocycles. The maximum atomic E-state index is 12.5. The lowest BCUT2D eigenvalue weighted by Gasteiger charge is -2.22. The molecule has 1 unspecified atom stereocenters. The molecule has 1 fully saturated rings. The summed E-state index contributed by atoms with van der Waals surface area (Å²) in [6.07, 6.45) is -2.20. The highest BCUT2D eigenvalue weighted by atomic mass is 19.4. The Kier molecular flexibility index (Phi) is 5.82. The van der Waals surface area contributed by atoms with E-state index in [1.165, 1.54) is 4.90 Å². The molecule has 1 aliphatic heterocycles. The van der Waals surface area contributed by atoms with Crippen molar-refractivity contribution in [3.8, 4) is 11.1 Å². The Morgan fingerprint density at radius 3 is 2.29 bits per heavy atom. The summed E-state index contributed by atoms with van der Waals surface area (Å²) in [5.74, 6) is -2.25. The highest BCUT2D eigenvalue weighted by Gasteiger charge is 2.37. The lowest BCUT2D eigenvalue weighted by atomic mass is 10.1. The molecule has 146 valence electrons. The van der Waals surface area contributed by atoms with Gasteiger partial charge in [-0.15, -0.1) is 0 Å². The van der Waals surface area contributed by atoms with Crippen LogP contribution in [0.5, 0.6) is 0 Å². The van der Waals surface area contributed by atoms with Crippen LogP contribution in [0.2, 0.25) is 0 Å². The molecule has 2 aromatic rings. The molecule has 4 nitrogen and oxygen atoms in total. The van der Waals surface area contributed by atoms with E-state index in [1.54, 1.807) is 12.1 Å². The van der Waals surface area contributed by atoms with Crippen molar-refractivity contribution in [3.63, 3.8) is 0 Å². The molecule has 28 heavy (non-hydrogen) atoms. The second-order valence-corrected chi connectivity index (χ2v) is 6.51. The highest BCUT2D eigenvalue weighted by Crippen LogP contribution is 2.23. The summed E-state index contributed by atoms with van der Waals surface area (Å²) in [6.45, 7) is 0.423. The van der Waals surface area contributed by atoms with Gasteiger partial charge in [-0.05, 0) is 36.1 Å². The third-order valence-corrected chi connectivity index (χ3v) is 4.55. The van der Waals surface area contributed by atoms with Crippen molar-refractivity contribution in [3.05, 3.63) is 66.9 Å². The van der Waals surface area contributed by atoms with Gasteiger partial charge in [0.15, 0.2) is 0 Å². The SMILES string of the molecule is O=C(Nc1ccc(-c2ccccc2)cc1)C1CCCN1/C=C/C(=O)C(F)(F)F. The number of carbonyl (C=O) groups is 2. The Morgan fingerprint density at radius 2 is 1.64 bits per heavy atom.